The van der Waals surface area contributed by atoms with Crippen LogP contribution in [0.3, 0.4) is 0 Å². The van der Waals surface area contributed by atoms with Crippen LogP contribution in [0, 0.1) is 0 Å². The number of aromatic amines is 1. The van der Waals surface area contributed by atoms with E-state index in [-0.39, 0.29) is 5.91 Å². The molecular weight excluding hydrogens is 456 g/mol. The number of hydrogen-bond acceptors (Lipinski definition) is 7. The normalized spacial score (nSPS) is 13.9. The standard InChI is InChI=1S/C26H26N8O2/c1-17(35)32-11-13-33(14-12-32)18-7-8-21(23(15-18)36-2)29-26-30-24-19(9-10-27-24)25(31-26)34-16-28-20-5-3-4-6-22(20)34/h3-10,15-16H,11-14H2,1-2H3,(H2,27,29,30,31). The summed E-state index contributed by atoms with van der Waals surface area (Å²) in [6.07, 6.45) is 3.64. The first-order chi connectivity index (χ1) is 17.6. The van der Waals surface area contributed by atoms with Crippen LogP contribution < -0.4 is 15.0 Å². The van der Waals surface area contributed by atoms with E-state index in [1.807, 2.05) is 64.2 Å². The van der Waals surface area contributed by atoms with Gasteiger partial charge in [-0.2, -0.15) is 9.97 Å². The zero-order valence-corrected chi connectivity index (χ0v) is 20.1. The first kappa shape index (κ1) is 21.9. The van der Waals surface area contributed by atoms with Crippen LogP contribution in [0.25, 0.3) is 27.9 Å². The van der Waals surface area contributed by atoms with E-state index >= 15 is 0 Å². The van der Waals surface area contributed by atoms with Gasteiger partial charge in [0.05, 0.1) is 29.2 Å². The monoisotopic (exact) mass is 482 g/mol. The molecule has 0 aliphatic carbocycles. The number of carbonyl (C=O) groups is 1. The number of nitrogens with one attached hydrogen (secondary N) is 2. The molecule has 182 valence electrons. The number of piperazine rings is 1. The van der Waals surface area contributed by atoms with Crippen LogP contribution in [-0.2, 0) is 4.79 Å². The maximum Gasteiger partial charge on any atom is 0.231 e. The third-order valence-electron chi connectivity index (χ3n) is 6.60. The van der Waals surface area contributed by atoms with Gasteiger partial charge in [-0.15, -0.1) is 0 Å². The van der Waals surface area contributed by atoms with Crippen LogP contribution >= 0.6 is 0 Å². The topological polar surface area (TPSA) is 104 Å². The predicted octanol–water partition coefficient (Wildman–Crippen LogP) is 3.72. The Morgan fingerprint density at radius 3 is 2.69 bits per heavy atom. The summed E-state index contributed by atoms with van der Waals surface area (Å²) in [4.78, 5) is 33.0. The second kappa shape index (κ2) is 8.88. The number of carbonyl (C=O) groups excluding carboxylic acids is 1. The number of fused-ring (bicyclic) bond motifs is 2. The fraction of sp³-hybridized carbons (Fsp3) is 0.231. The van der Waals surface area contributed by atoms with Gasteiger partial charge in [0.1, 0.15) is 17.7 Å². The Hall–Kier alpha value is -4.60. The number of anilines is 3. The molecule has 1 aliphatic rings. The first-order valence-electron chi connectivity index (χ1n) is 11.8. The van der Waals surface area contributed by atoms with Crippen molar-refractivity contribution in [3.63, 3.8) is 0 Å². The van der Waals surface area contributed by atoms with Gasteiger partial charge < -0.3 is 24.8 Å². The number of nitrogens with zero attached hydrogens (tertiary/aromatic N) is 6. The SMILES string of the molecule is COc1cc(N2CCN(C(C)=O)CC2)ccc1Nc1nc(-n2cnc3ccccc32)c2cc[nH]c2n1. The summed E-state index contributed by atoms with van der Waals surface area (Å²) >= 11 is 0. The summed E-state index contributed by atoms with van der Waals surface area (Å²) < 4.78 is 7.68. The van der Waals surface area contributed by atoms with E-state index in [0.717, 1.165) is 52.3 Å². The van der Waals surface area contributed by atoms with Crippen LogP contribution in [0.4, 0.5) is 17.3 Å². The van der Waals surface area contributed by atoms with E-state index in [4.69, 9.17) is 9.72 Å². The molecule has 10 nitrogen and oxygen atoms in total. The molecule has 10 heteroatoms. The van der Waals surface area contributed by atoms with Crippen molar-refractivity contribution >= 4 is 45.3 Å². The van der Waals surface area contributed by atoms with Crippen molar-refractivity contribution in [2.24, 2.45) is 0 Å². The Balaban J connectivity index is 1.32. The molecule has 2 aromatic carbocycles. The van der Waals surface area contributed by atoms with Gasteiger partial charge in [-0.05, 0) is 30.3 Å². The zero-order valence-electron chi connectivity index (χ0n) is 20.1. The molecule has 3 aromatic heterocycles. The minimum absolute atomic E-state index is 0.119. The van der Waals surface area contributed by atoms with E-state index in [2.05, 4.69) is 25.2 Å². The lowest BCUT2D eigenvalue weighted by Crippen LogP contribution is -2.48. The number of aromatic nitrogens is 5. The van der Waals surface area contributed by atoms with Gasteiger partial charge in [-0.3, -0.25) is 9.36 Å². The predicted molar refractivity (Wildman–Crippen MR) is 139 cm³/mol. The second-order valence-corrected chi connectivity index (χ2v) is 8.72. The van der Waals surface area contributed by atoms with Gasteiger partial charge in [-0.25, -0.2) is 4.98 Å². The lowest BCUT2D eigenvalue weighted by Gasteiger charge is -2.35. The van der Waals surface area contributed by atoms with Crippen LogP contribution in [0.2, 0.25) is 0 Å². The highest BCUT2D eigenvalue weighted by atomic mass is 16.5. The van der Waals surface area contributed by atoms with Crippen LogP contribution in [-0.4, -0.2) is 68.6 Å². The van der Waals surface area contributed by atoms with E-state index in [9.17, 15) is 4.79 Å². The van der Waals surface area contributed by atoms with Crippen molar-refractivity contribution in [1.29, 1.82) is 0 Å². The third-order valence-corrected chi connectivity index (χ3v) is 6.60. The molecule has 0 bridgehead atoms. The Bertz CT molecular complexity index is 1570. The zero-order chi connectivity index (χ0) is 24.6. The highest BCUT2D eigenvalue weighted by Crippen LogP contribution is 2.33. The highest BCUT2D eigenvalue weighted by Gasteiger charge is 2.20. The summed E-state index contributed by atoms with van der Waals surface area (Å²) in [5, 5.41) is 4.23. The van der Waals surface area contributed by atoms with Crippen molar-refractivity contribution < 1.29 is 9.53 Å². The summed E-state index contributed by atoms with van der Waals surface area (Å²) in [5.41, 5.74) is 4.40. The molecular formula is C26H26N8O2. The summed E-state index contributed by atoms with van der Waals surface area (Å²) in [5.74, 6) is 1.98. The van der Waals surface area contributed by atoms with E-state index in [1.165, 1.54) is 0 Å². The van der Waals surface area contributed by atoms with Crippen LogP contribution in [0.5, 0.6) is 5.75 Å². The van der Waals surface area contributed by atoms with Gasteiger partial charge in [0.25, 0.3) is 0 Å². The van der Waals surface area contributed by atoms with Crippen molar-refractivity contribution in [2.45, 2.75) is 6.92 Å². The smallest absolute Gasteiger partial charge is 0.231 e. The summed E-state index contributed by atoms with van der Waals surface area (Å²) in [6, 6.07) is 15.9. The Kier molecular flexibility index (Phi) is 5.40. The van der Waals surface area contributed by atoms with E-state index < -0.39 is 0 Å². The number of ether oxygens (including phenoxy) is 1. The van der Waals surface area contributed by atoms with E-state index in [0.29, 0.717) is 24.8 Å². The number of para-hydroxylation sites is 2. The average molecular weight is 483 g/mol. The quantitative estimate of drug-likeness (QED) is 0.393. The molecule has 0 atom stereocenters. The molecule has 0 radical (unpaired) electrons. The minimum atomic E-state index is 0.119. The molecule has 0 saturated carbocycles. The molecule has 1 fully saturated rings. The van der Waals surface area contributed by atoms with Gasteiger partial charge in [0, 0.05) is 51.1 Å². The molecule has 6 rings (SSSR count). The number of hydrogen-bond donors (Lipinski definition) is 2. The van der Waals surface area contributed by atoms with Crippen molar-refractivity contribution in [2.75, 3.05) is 43.5 Å². The maximum atomic E-state index is 11.6. The van der Waals surface area contributed by atoms with Crippen LogP contribution in [0.15, 0.2) is 61.1 Å². The molecule has 5 aromatic rings. The molecule has 1 amide bonds. The highest BCUT2D eigenvalue weighted by molar-refractivity contribution is 5.88. The lowest BCUT2D eigenvalue weighted by atomic mass is 10.2. The minimum Gasteiger partial charge on any atom is -0.494 e. The molecule has 2 N–H and O–H groups in total. The number of rotatable bonds is 5. The molecule has 36 heavy (non-hydrogen) atoms. The number of methoxy groups -OCH3 is 1. The second-order valence-electron chi connectivity index (χ2n) is 8.72. The van der Waals surface area contributed by atoms with E-state index in [1.54, 1.807) is 20.4 Å². The molecule has 0 unspecified atom stereocenters. The van der Waals surface area contributed by atoms with Gasteiger partial charge >= 0.3 is 0 Å². The fourth-order valence-electron chi connectivity index (χ4n) is 4.67. The van der Waals surface area contributed by atoms with Gasteiger partial charge in [-0.1, -0.05) is 12.1 Å². The van der Waals surface area contributed by atoms with Crippen molar-refractivity contribution in [3.8, 4) is 11.6 Å². The molecule has 0 spiro atoms. The molecule has 1 saturated heterocycles. The summed E-state index contributed by atoms with van der Waals surface area (Å²) in [6.45, 7) is 4.61. The Morgan fingerprint density at radius 1 is 1.06 bits per heavy atom. The molecule has 4 heterocycles. The van der Waals surface area contributed by atoms with Crippen molar-refractivity contribution in [1.82, 2.24) is 29.4 Å². The Labute approximate surface area is 207 Å². The largest absolute Gasteiger partial charge is 0.494 e. The van der Waals surface area contributed by atoms with Gasteiger partial charge in [0.15, 0.2) is 5.82 Å². The van der Waals surface area contributed by atoms with Gasteiger partial charge in [0.2, 0.25) is 11.9 Å². The number of imidazole rings is 1. The first-order valence-corrected chi connectivity index (χ1v) is 11.8. The van der Waals surface area contributed by atoms with Crippen LogP contribution in [0.1, 0.15) is 6.92 Å². The fourth-order valence-corrected chi connectivity index (χ4v) is 4.67. The maximum absolute atomic E-state index is 11.6. The lowest BCUT2D eigenvalue weighted by molar-refractivity contribution is -0.129. The number of amides is 1. The number of benzene rings is 2. The Morgan fingerprint density at radius 2 is 1.89 bits per heavy atom. The average Bonchev–Trinajstić information content (AvgIpc) is 3.56. The number of H-pyrrole nitrogens is 1. The molecule has 1 aliphatic heterocycles. The summed E-state index contributed by atoms with van der Waals surface area (Å²) in [7, 11) is 1.65. The van der Waals surface area contributed by atoms with Crippen molar-refractivity contribution in [3.05, 3.63) is 61.1 Å². The third kappa shape index (κ3) is 3.86.